The van der Waals surface area contributed by atoms with Gasteiger partial charge in [0.25, 0.3) is 5.91 Å². The lowest BCUT2D eigenvalue weighted by Crippen LogP contribution is -2.32. The molecule has 1 aliphatic rings. The van der Waals surface area contributed by atoms with Crippen molar-refractivity contribution in [1.82, 2.24) is 19.7 Å². The molecule has 0 radical (unpaired) electrons. The van der Waals surface area contributed by atoms with Crippen molar-refractivity contribution in [2.24, 2.45) is 7.05 Å². The third-order valence-electron chi connectivity index (χ3n) is 4.80. The first-order chi connectivity index (χ1) is 12.6. The van der Waals surface area contributed by atoms with E-state index in [1.807, 2.05) is 67.8 Å². The van der Waals surface area contributed by atoms with E-state index in [1.54, 1.807) is 10.9 Å². The summed E-state index contributed by atoms with van der Waals surface area (Å²) < 4.78 is 1.78. The van der Waals surface area contributed by atoms with Crippen molar-refractivity contribution < 1.29 is 4.79 Å². The predicted molar refractivity (Wildman–Crippen MR) is 101 cm³/mol. The summed E-state index contributed by atoms with van der Waals surface area (Å²) in [5.74, 6) is 0.0879. The fourth-order valence-electron chi connectivity index (χ4n) is 3.29. The van der Waals surface area contributed by atoms with Crippen LogP contribution < -0.4 is 0 Å². The standard InChI is InChI=1S/C21H22N4O/c1-15-11-22-9-8-20(15)17-4-3-5-18(10-17)21(26)25(19-6-7-19)14-16-12-23-24(2)13-16/h3-5,8-13,19H,6-7,14H2,1-2H3. The molecule has 1 saturated carbocycles. The molecule has 132 valence electrons. The van der Waals surface area contributed by atoms with Gasteiger partial charge < -0.3 is 4.90 Å². The van der Waals surface area contributed by atoms with Crippen LogP contribution in [0.25, 0.3) is 11.1 Å². The van der Waals surface area contributed by atoms with Crippen molar-refractivity contribution in [1.29, 1.82) is 0 Å². The number of nitrogens with zero attached hydrogens (tertiary/aromatic N) is 4. The van der Waals surface area contributed by atoms with Gasteiger partial charge >= 0.3 is 0 Å². The zero-order valence-corrected chi connectivity index (χ0v) is 15.1. The maximum Gasteiger partial charge on any atom is 0.254 e. The topological polar surface area (TPSA) is 51.0 Å². The van der Waals surface area contributed by atoms with E-state index in [1.165, 1.54) is 0 Å². The molecule has 1 aromatic carbocycles. The number of aryl methyl sites for hydroxylation is 2. The third kappa shape index (κ3) is 3.38. The van der Waals surface area contributed by atoms with E-state index >= 15 is 0 Å². The van der Waals surface area contributed by atoms with Crippen LogP contribution >= 0.6 is 0 Å². The monoisotopic (exact) mass is 346 g/mol. The fourth-order valence-corrected chi connectivity index (χ4v) is 3.29. The molecule has 1 amide bonds. The van der Waals surface area contributed by atoms with Gasteiger partial charge in [-0.3, -0.25) is 14.5 Å². The second kappa shape index (κ2) is 6.75. The summed E-state index contributed by atoms with van der Waals surface area (Å²) in [6, 6.07) is 10.2. The van der Waals surface area contributed by atoms with E-state index < -0.39 is 0 Å². The SMILES string of the molecule is Cc1cnccc1-c1cccc(C(=O)N(Cc2cnn(C)c2)C2CC2)c1. The van der Waals surface area contributed by atoms with E-state index in [0.717, 1.165) is 40.7 Å². The molecule has 0 unspecified atom stereocenters. The number of pyridine rings is 1. The van der Waals surface area contributed by atoms with Gasteiger partial charge in [-0.05, 0) is 54.7 Å². The average Bonchev–Trinajstić information content (AvgIpc) is 3.41. The first-order valence-corrected chi connectivity index (χ1v) is 8.91. The Hall–Kier alpha value is -2.95. The van der Waals surface area contributed by atoms with Crippen LogP contribution in [0.1, 0.15) is 34.3 Å². The summed E-state index contributed by atoms with van der Waals surface area (Å²) in [4.78, 5) is 19.3. The molecule has 5 nitrogen and oxygen atoms in total. The van der Waals surface area contributed by atoms with Crippen LogP contribution in [0.3, 0.4) is 0 Å². The zero-order chi connectivity index (χ0) is 18.1. The Kier molecular flexibility index (Phi) is 4.29. The average molecular weight is 346 g/mol. The number of hydrogen-bond acceptors (Lipinski definition) is 3. The van der Waals surface area contributed by atoms with Crippen LogP contribution in [0.5, 0.6) is 0 Å². The highest BCUT2D eigenvalue weighted by molar-refractivity contribution is 5.96. The Morgan fingerprint density at radius 1 is 1.27 bits per heavy atom. The molecule has 2 aromatic heterocycles. The second-order valence-corrected chi connectivity index (χ2v) is 6.96. The van der Waals surface area contributed by atoms with Crippen LogP contribution in [-0.4, -0.2) is 31.6 Å². The minimum absolute atomic E-state index is 0.0879. The predicted octanol–water partition coefficient (Wildman–Crippen LogP) is 3.60. The maximum absolute atomic E-state index is 13.2. The van der Waals surface area contributed by atoms with Crippen LogP contribution in [0.2, 0.25) is 0 Å². The molecule has 1 fully saturated rings. The molecule has 26 heavy (non-hydrogen) atoms. The van der Waals surface area contributed by atoms with Gasteiger partial charge in [0.05, 0.1) is 6.20 Å². The van der Waals surface area contributed by atoms with Crippen molar-refractivity contribution in [2.45, 2.75) is 32.4 Å². The van der Waals surface area contributed by atoms with E-state index in [9.17, 15) is 4.79 Å². The first kappa shape index (κ1) is 16.5. The Balaban J connectivity index is 1.62. The van der Waals surface area contributed by atoms with Crippen LogP contribution in [0, 0.1) is 6.92 Å². The third-order valence-corrected chi connectivity index (χ3v) is 4.80. The van der Waals surface area contributed by atoms with E-state index in [4.69, 9.17) is 0 Å². The minimum atomic E-state index is 0.0879. The van der Waals surface area contributed by atoms with Gasteiger partial charge in [-0.1, -0.05) is 12.1 Å². The summed E-state index contributed by atoms with van der Waals surface area (Å²) in [6.45, 7) is 2.64. The van der Waals surface area contributed by atoms with Crippen molar-refractivity contribution in [3.05, 3.63) is 71.8 Å². The van der Waals surface area contributed by atoms with E-state index in [-0.39, 0.29) is 5.91 Å². The molecule has 0 N–H and O–H groups in total. The summed E-state index contributed by atoms with van der Waals surface area (Å²) in [6.07, 6.45) is 9.60. The van der Waals surface area contributed by atoms with Crippen LogP contribution in [-0.2, 0) is 13.6 Å². The van der Waals surface area contributed by atoms with Gasteiger partial charge in [-0.25, -0.2) is 0 Å². The second-order valence-electron chi connectivity index (χ2n) is 6.96. The van der Waals surface area contributed by atoms with E-state index in [0.29, 0.717) is 12.6 Å². The highest BCUT2D eigenvalue weighted by Gasteiger charge is 2.33. The lowest BCUT2D eigenvalue weighted by atomic mass is 10.00. The first-order valence-electron chi connectivity index (χ1n) is 8.91. The van der Waals surface area contributed by atoms with Crippen molar-refractivity contribution in [3.8, 4) is 11.1 Å². The minimum Gasteiger partial charge on any atom is -0.331 e. The summed E-state index contributed by atoms with van der Waals surface area (Å²) in [7, 11) is 1.90. The number of hydrogen-bond donors (Lipinski definition) is 0. The number of carbonyl (C=O) groups is 1. The van der Waals surface area contributed by atoms with Gasteiger partial charge in [0.2, 0.25) is 0 Å². The Labute approximate surface area is 153 Å². The Bertz CT molecular complexity index is 942. The lowest BCUT2D eigenvalue weighted by Gasteiger charge is -2.22. The molecule has 3 aromatic rings. The Morgan fingerprint density at radius 3 is 2.81 bits per heavy atom. The van der Waals surface area contributed by atoms with Gasteiger partial charge in [0.1, 0.15) is 0 Å². The molecule has 4 rings (SSSR count). The largest absolute Gasteiger partial charge is 0.331 e. The van der Waals surface area contributed by atoms with Crippen LogP contribution in [0.4, 0.5) is 0 Å². The molecule has 0 spiro atoms. The fraction of sp³-hybridized carbons (Fsp3) is 0.286. The van der Waals surface area contributed by atoms with Crippen molar-refractivity contribution in [2.75, 3.05) is 0 Å². The Morgan fingerprint density at radius 2 is 2.12 bits per heavy atom. The molecular weight excluding hydrogens is 324 g/mol. The molecule has 0 atom stereocenters. The quantitative estimate of drug-likeness (QED) is 0.709. The van der Waals surface area contributed by atoms with Crippen LogP contribution in [0.15, 0.2) is 55.1 Å². The molecule has 0 aliphatic heterocycles. The number of rotatable bonds is 5. The molecular formula is C21H22N4O. The molecule has 1 aliphatic carbocycles. The van der Waals surface area contributed by atoms with E-state index in [2.05, 4.69) is 10.1 Å². The lowest BCUT2D eigenvalue weighted by molar-refractivity contribution is 0.0730. The van der Waals surface area contributed by atoms with Gasteiger partial charge in [0, 0.05) is 49.4 Å². The smallest absolute Gasteiger partial charge is 0.254 e. The molecule has 5 heteroatoms. The number of benzene rings is 1. The van der Waals surface area contributed by atoms with Gasteiger partial charge in [-0.2, -0.15) is 5.10 Å². The van der Waals surface area contributed by atoms with Gasteiger partial charge in [0.15, 0.2) is 0 Å². The number of carbonyl (C=O) groups excluding carboxylic acids is 1. The van der Waals surface area contributed by atoms with Crippen molar-refractivity contribution in [3.63, 3.8) is 0 Å². The highest BCUT2D eigenvalue weighted by atomic mass is 16.2. The maximum atomic E-state index is 13.2. The summed E-state index contributed by atoms with van der Waals surface area (Å²) in [5, 5.41) is 4.22. The molecule has 2 heterocycles. The number of aromatic nitrogens is 3. The van der Waals surface area contributed by atoms with Gasteiger partial charge in [-0.15, -0.1) is 0 Å². The normalized spacial score (nSPS) is 13.6. The summed E-state index contributed by atoms with van der Waals surface area (Å²) in [5.41, 5.74) is 5.06. The molecule has 0 bridgehead atoms. The number of amides is 1. The molecule has 0 saturated heterocycles. The van der Waals surface area contributed by atoms with Crippen molar-refractivity contribution >= 4 is 5.91 Å². The highest BCUT2D eigenvalue weighted by Crippen LogP contribution is 2.31. The summed E-state index contributed by atoms with van der Waals surface area (Å²) >= 11 is 0. The zero-order valence-electron chi connectivity index (χ0n) is 15.1.